The number of carbonyl (C=O) groups excluding carboxylic acids is 1. The van der Waals surface area contributed by atoms with Crippen LogP contribution in [0.25, 0.3) is 0 Å². The molecule has 0 bridgehead atoms. The second-order valence-corrected chi connectivity index (χ2v) is 6.77. The van der Waals surface area contributed by atoms with E-state index >= 15 is 0 Å². The van der Waals surface area contributed by atoms with Gasteiger partial charge in [0.05, 0.1) is 6.54 Å². The summed E-state index contributed by atoms with van der Waals surface area (Å²) >= 11 is 18.5. The van der Waals surface area contributed by atoms with E-state index in [2.05, 4.69) is 10.4 Å². The van der Waals surface area contributed by atoms with E-state index in [-0.39, 0.29) is 11.7 Å². The van der Waals surface area contributed by atoms with E-state index in [0.29, 0.717) is 27.2 Å². The highest BCUT2D eigenvalue weighted by Gasteiger charge is 2.14. The van der Waals surface area contributed by atoms with Gasteiger partial charge in [0.2, 0.25) is 0 Å². The molecule has 4 nitrogen and oxygen atoms in total. The molecule has 0 saturated heterocycles. The average molecular weight is 395 g/mol. The molecule has 0 saturated carbocycles. The Morgan fingerprint density at radius 3 is 2.44 bits per heavy atom. The van der Waals surface area contributed by atoms with Gasteiger partial charge in [-0.25, -0.2) is 0 Å². The van der Waals surface area contributed by atoms with Gasteiger partial charge in [0.25, 0.3) is 5.91 Å². The van der Waals surface area contributed by atoms with Gasteiger partial charge in [-0.05, 0) is 31.2 Å². The molecule has 1 aromatic heterocycles. The van der Waals surface area contributed by atoms with Crippen molar-refractivity contribution < 1.29 is 4.79 Å². The quantitative estimate of drug-likeness (QED) is 0.639. The van der Waals surface area contributed by atoms with Crippen LogP contribution in [0.5, 0.6) is 0 Å². The zero-order chi connectivity index (χ0) is 18.0. The molecule has 1 amide bonds. The molecule has 0 radical (unpaired) electrons. The Bertz CT molecular complexity index is 917. The molecule has 25 heavy (non-hydrogen) atoms. The van der Waals surface area contributed by atoms with Crippen LogP contribution in [0.4, 0.5) is 5.82 Å². The monoisotopic (exact) mass is 393 g/mol. The largest absolute Gasteiger partial charge is 0.304 e. The fourth-order valence-electron chi connectivity index (χ4n) is 2.37. The van der Waals surface area contributed by atoms with Crippen LogP contribution >= 0.6 is 34.8 Å². The maximum Gasteiger partial charge on any atom is 0.256 e. The van der Waals surface area contributed by atoms with Gasteiger partial charge in [0, 0.05) is 27.4 Å². The topological polar surface area (TPSA) is 46.9 Å². The molecule has 3 rings (SSSR count). The molecule has 0 spiro atoms. The summed E-state index contributed by atoms with van der Waals surface area (Å²) in [5, 5.41) is 8.46. The van der Waals surface area contributed by atoms with E-state index in [9.17, 15) is 4.79 Å². The molecule has 128 valence electrons. The first-order chi connectivity index (χ1) is 11.9. The first kappa shape index (κ1) is 17.8. The molecule has 1 N–H and O–H groups in total. The molecule has 2 aromatic carbocycles. The van der Waals surface area contributed by atoms with Gasteiger partial charge in [-0.1, -0.05) is 58.6 Å². The Labute approximate surface area is 160 Å². The van der Waals surface area contributed by atoms with E-state index in [4.69, 9.17) is 34.8 Å². The molecule has 0 unspecified atom stereocenters. The lowest BCUT2D eigenvalue weighted by Gasteiger charge is -2.07. The zero-order valence-corrected chi connectivity index (χ0v) is 15.5. The highest BCUT2D eigenvalue weighted by atomic mass is 35.5. The number of benzene rings is 2. The number of halogens is 3. The third-order valence-electron chi connectivity index (χ3n) is 3.61. The van der Waals surface area contributed by atoms with E-state index < -0.39 is 0 Å². The van der Waals surface area contributed by atoms with Crippen molar-refractivity contribution in [3.63, 3.8) is 0 Å². The summed E-state index contributed by atoms with van der Waals surface area (Å²) in [7, 11) is 0. The smallest absolute Gasteiger partial charge is 0.256 e. The number of amides is 1. The summed E-state index contributed by atoms with van der Waals surface area (Å²) in [5.74, 6) is 0.0166. The van der Waals surface area contributed by atoms with Gasteiger partial charge < -0.3 is 5.32 Å². The number of aromatic nitrogens is 2. The summed E-state index contributed by atoms with van der Waals surface area (Å²) in [5.41, 5.74) is 2.28. The lowest BCUT2D eigenvalue weighted by atomic mass is 10.1. The van der Waals surface area contributed by atoms with Gasteiger partial charge in [-0.2, -0.15) is 5.10 Å². The Hall–Kier alpha value is -2.01. The Kier molecular flexibility index (Phi) is 5.33. The Balaban J connectivity index is 1.80. The molecular weight excluding hydrogens is 381 g/mol. The number of nitrogens with zero attached hydrogens (tertiary/aromatic N) is 2. The fraction of sp³-hybridized carbons (Fsp3) is 0.111. The van der Waals surface area contributed by atoms with E-state index in [1.165, 1.54) is 0 Å². The Morgan fingerprint density at radius 2 is 1.76 bits per heavy atom. The van der Waals surface area contributed by atoms with Crippen LogP contribution in [0.2, 0.25) is 15.1 Å². The maximum absolute atomic E-state index is 12.3. The lowest BCUT2D eigenvalue weighted by Crippen LogP contribution is -2.13. The number of carbonyl (C=O) groups is 1. The van der Waals surface area contributed by atoms with Crippen LogP contribution in [0.1, 0.15) is 21.5 Å². The minimum absolute atomic E-state index is 0.272. The van der Waals surface area contributed by atoms with Crippen molar-refractivity contribution in [2.45, 2.75) is 13.5 Å². The fourth-order valence-corrected chi connectivity index (χ4v) is 3.09. The van der Waals surface area contributed by atoms with Crippen molar-refractivity contribution in [1.82, 2.24) is 9.78 Å². The number of nitrogens with one attached hydrogen (secondary N) is 1. The number of hydrogen-bond donors (Lipinski definition) is 1. The lowest BCUT2D eigenvalue weighted by molar-refractivity contribution is 0.102. The highest BCUT2D eigenvalue weighted by molar-refractivity contribution is 6.36. The zero-order valence-electron chi connectivity index (χ0n) is 13.3. The molecule has 0 aliphatic carbocycles. The number of aryl methyl sites for hydroxylation is 1. The van der Waals surface area contributed by atoms with Gasteiger partial charge in [0.1, 0.15) is 5.02 Å². The van der Waals surface area contributed by atoms with Crippen molar-refractivity contribution in [1.29, 1.82) is 0 Å². The summed E-state index contributed by atoms with van der Waals surface area (Å²) in [6, 6.07) is 12.6. The molecule has 0 aliphatic rings. The maximum atomic E-state index is 12.3. The molecule has 0 atom stereocenters. The minimum Gasteiger partial charge on any atom is -0.304 e. The summed E-state index contributed by atoms with van der Waals surface area (Å²) in [6.45, 7) is 2.27. The highest BCUT2D eigenvalue weighted by Crippen LogP contribution is 2.27. The Morgan fingerprint density at radius 1 is 1.08 bits per heavy atom. The van der Waals surface area contributed by atoms with Gasteiger partial charge in [0.15, 0.2) is 5.82 Å². The third kappa shape index (κ3) is 4.15. The molecule has 7 heteroatoms. The van der Waals surface area contributed by atoms with Gasteiger partial charge in [-0.3, -0.25) is 9.48 Å². The van der Waals surface area contributed by atoms with Crippen LogP contribution < -0.4 is 5.32 Å². The summed E-state index contributed by atoms with van der Waals surface area (Å²) in [6.07, 6.45) is 1.62. The number of hydrogen-bond acceptors (Lipinski definition) is 2. The first-order valence-electron chi connectivity index (χ1n) is 7.48. The number of rotatable bonds is 4. The molecule has 1 heterocycles. The molecular formula is C18H14Cl3N3O. The van der Waals surface area contributed by atoms with Gasteiger partial charge >= 0.3 is 0 Å². The molecule has 3 aromatic rings. The van der Waals surface area contributed by atoms with Crippen molar-refractivity contribution >= 4 is 46.5 Å². The summed E-state index contributed by atoms with van der Waals surface area (Å²) < 4.78 is 1.58. The van der Waals surface area contributed by atoms with Crippen LogP contribution in [0, 0.1) is 6.92 Å². The van der Waals surface area contributed by atoms with E-state index in [0.717, 1.165) is 11.1 Å². The predicted molar refractivity (Wildman–Crippen MR) is 102 cm³/mol. The second kappa shape index (κ2) is 7.48. The van der Waals surface area contributed by atoms with Crippen LogP contribution in [-0.2, 0) is 6.54 Å². The van der Waals surface area contributed by atoms with Crippen LogP contribution in [-0.4, -0.2) is 15.7 Å². The first-order valence-corrected chi connectivity index (χ1v) is 8.61. The predicted octanol–water partition coefficient (Wildman–Crippen LogP) is 5.45. The van der Waals surface area contributed by atoms with Gasteiger partial charge in [-0.15, -0.1) is 0 Å². The minimum atomic E-state index is -0.272. The second-order valence-electron chi connectivity index (χ2n) is 5.55. The van der Waals surface area contributed by atoms with Crippen LogP contribution in [0.3, 0.4) is 0 Å². The van der Waals surface area contributed by atoms with E-state index in [1.54, 1.807) is 41.2 Å². The average Bonchev–Trinajstić information content (AvgIpc) is 2.90. The van der Waals surface area contributed by atoms with E-state index in [1.807, 2.05) is 19.1 Å². The third-order valence-corrected chi connectivity index (χ3v) is 4.60. The van der Waals surface area contributed by atoms with Crippen molar-refractivity contribution in [2.24, 2.45) is 0 Å². The van der Waals surface area contributed by atoms with Crippen molar-refractivity contribution in [2.75, 3.05) is 5.32 Å². The summed E-state index contributed by atoms with van der Waals surface area (Å²) in [4.78, 5) is 12.3. The SMILES string of the molecule is Cc1cccc(C(=O)Nc2nn(Cc3c(Cl)cccc3Cl)cc2Cl)c1. The molecule has 0 fully saturated rings. The van der Waals surface area contributed by atoms with Crippen molar-refractivity contribution in [3.05, 3.63) is 80.4 Å². The molecule has 0 aliphatic heterocycles. The standard InChI is InChI=1S/C18H14Cl3N3O/c1-11-4-2-5-12(8-11)18(25)22-17-16(21)10-24(23-17)9-13-14(19)6-3-7-15(13)20/h2-8,10H,9H2,1H3,(H,22,23,25). The normalized spacial score (nSPS) is 10.7. The number of anilines is 1. The van der Waals surface area contributed by atoms with Crippen LogP contribution in [0.15, 0.2) is 48.7 Å². The van der Waals surface area contributed by atoms with Crippen molar-refractivity contribution in [3.8, 4) is 0 Å².